The molecule has 0 aliphatic carbocycles. The Hall–Kier alpha value is -0.300. The quantitative estimate of drug-likeness (QED) is 0.577. The van der Waals surface area contributed by atoms with Gasteiger partial charge < -0.3 is 10.6 Å². The van der Waals surface area contributed by atoms with Crippen LogP contribution in [0.2, 0.25) is 0 Å². The predicted octanol–water partition coefficient (Wildman–Crippen LogP) is 2.94. The number of hydrogen-bond donors (Lipinski definition) is 2. The van der Waals surface area contributed by atoms with E-state index in [9.17, 15) is 0 Å². The van der Waals surface area contributed by atoms with Crippen molar-refractivity contribution in [3.63, 3.8) is 0 Å². The van der Waals surface area contributed by atoms with Gasteiger partial charge >= 0.3 is 0 Å². The largest absolute Gasteiger partial charge is 0.356 e. The van der Waals surface area contributed by atoms with Crippen LogP contribution >= 0.6 is 39.9 Å². The van der Waals surface area contributed by atoms with Crippen molar-refractivity contribution in [3.8, 4) is 0 Å². The van der Waals surface area contributed by atoms with Crippen molar-refractivity contribution < 1.29 is 0 Å². The Bertz CT molecular complexity index is 396. The number of rotatable bonds is 4. The van der Waals surface area contributed by atoms with Gasteiger partial charge in [0.1, 0.15) is 0 Å². The number of aliphatic imine (C=N–C) groups is 1. The molecular formula is C13H19BrIN3. The fourth-order valence-electron chi connectivity index (χ4n) is 1.84. The van der Waals surface area contributed by atoms with Crippen molar-refractivity contribution in [2.75, 3.05) is 19.6 Å². The van der Waals surface area contributed by atoms with Crippen LogP contribution < -0.4 is 10.6 Å². The third-order valence-corrected chi connectivity index (χ3v) is 3.21. The average Bonchev–Trinajstić information content (AvgIpc) is 2.36. The van der Waals surface area contributed by atoms with Gasteiger partial charge in [-0.1, -0.05) is 28.1 Å². The molecule has 0 bridgehead atoms. The molecule has 2 rings (SSSR count). The Morgan fingerprint density at radius 2 is 2.28 bits per heavy atom. The molecule has 3 nitrogen and oxygen atoms in total. The van der Waals surface area contributed by atoms with E-state index in [1.165, 1.54) is 5.56 Å². The highest BCUT2D eigenvalue weighted by atomic mass is 127. The Balaban J connectivity index is 0.00000162. The zero-order chi connectivity index (χ0) is 11.9. The van der Waals surface area contributed by atoms with Crippen molar-refractivity contribution in [1.29, 1.82) is 0 Å². The van der Waals surface area contributed by atoms with Gasteiger partial charge in [0.25, 0.3) is 0 Å². The number of halogens is 2. The summed E-state index contributed by atoms with van der Waals surface area (Å²) in [6.45, 7) is 2.96. The molecule has 0 unspecified atom stereocenters. The van der Waals surface area contributed by atoms with Crippen LogP contribution in [0.5, 0.6) is 0 Å². The second kappa shape index (κ2) is 8.74. The normalized spacial score (nSPS) is 14.2. The monoisotopic (exact) mass is 423 g/mol. The van der Waals surface area contributed by atoms with Gasteiger partial charge in [-0.05, 0) is 37.0 Å². The van der Waals surface area contributed by atoms with E-state index in [2.05, 4.69) is 55.8 Å². The second-order valence-corrected chi connectivity index (χ2v) is 5.09. The molecule has 100 valence electrons. The minimum atomic E-state index is 0. The lowest BCUT2D eigenvalue weighted by molar-refractivity contribution is 0.686. The summed E-state index contributed by atoms with van der Waals surface area (Å²) in [7, 11) is 0. The number of benzene rings is 1. The van der Waals surface area contributed by atoms with E-state index in [1.54, 1.807) is 0 Å². The fraction of sp³-hybridized carbons (Fsp3) is 0.462. The number of nitrogens with one attached hydrogen (secondary N) is 2. The molecule has 0 fully saturated rings. The van der Waals surface area contributed by atoms with E-state index in [1.807, 2.05) is 0 Å². The highest BCUT2D eigenvalue weighted by Gasteiger charge is 2.02. The highest BCUT2D eigenvalue weighted by Crippen LogP contribution is 2.12. The lowest BCUT2D eigenvalue weighted by Crippen LogP contribution is -2.41. The topological polar surface area (TPSA) is 36.4 Å². The summed E-state index contributed by atoms with van der Waals surface area (Å²) in [5.41, 5.74) is 1.37. The molecule has 0 atom stereocenters. The summed E-state index contributed by atoms with van der Waals surface area (Å²) in [6.07, 6.45) is 3.36. The molecule has 2 N–H and O–H groups in total. The smallest absolute Gasteiger partial charge is 0.191 e. The molecule has 1 aromatic carbocycles. The van der Waals surface area contributed by atoms with Gasteiger partial charge in [-0.15, -0.1) is 24.0 Å². The predicted molar refractivity (Wildman–Crippen MR) is 90.8 cm³/mol. The minimum Gasteiger partial charge on any atom is -0.356 e. The Kier molecular flexibility index (Phi) is 7.65. The molecule has 0 aromatic heterocycles. The van der Waals surface area contributed by atoms with Crippen LogP contribution in [0, 0.1) is 0 Å². The van der Waals surface area contributed by atoms with Gasteiger partial charge in [0.05, 0.1) is 0 Å². The number of hydrogen-bond acceptors (Lipinski definition) is 3. The van der Waals surface area contributed by atoms with Gasteiger partial charge in [0, 0.05) is 24.1 Å². The van der Waals surface area contributed by atoms with Gasteiger partial charge in [0.15, 0.2) is 5.96 Å². The maximum absolute atomic E-state index is 4.38. The molecule has 1 heterocycles. The lowest BCUT2D eigenvalue weighted by Gasteiger charge is -2.15. The zero-order valence-electron chi connectivity index (χ0n) is 10.3. The Morgan fingerprint density at radius 3 is 3.00 bits per heavy atom. The third-order valence-electron chi connectivity index (χ3n) is 2.72. The summed E-state index contributed by atoms with van der Waals surface area (Å²) in [4.78, 5) is 4.38. The van der Waals surface area contributed by atoms with Crippen molar-refractivity contribution in [3.05, 3.63) is 34.3 Å². The van der Waals surface area contributed by atoms with Gasteiger partial charge in [0.2, 0.25) is 0 Å². The summed E-state index contributed by atoms with van der Waals surface area (Å²) in [5, 5.41) is 6.59. The molecule has 0 spiro atoms. The zero-order valence-corrected chi connectivity index (χ0v) is 14.2. The lowest BCUT2D eigenvalue weighted by atomic mass is 10.1. The number of aryl methyl sites for hydroxylation is 1. The molecule has 18 heavy (non-hydrogen) atoms. The Morgan fingerprint density at radius 1 is 1.39 bits per heavy atom. The summed E-state index contributed by atoms with van der Waals surface area (Å²) in [6, 6.07) is 8.49. The first kappa shape index (κ1) is 15.8. The summed E-state index contributed by atoms with van der Waals surface area (Å²) in [5.74, 6) is 0.963. The summed E-state index contributed by atoms with van der Waals surface area (Å²) >= 11 is 3.49. The molecule has 0 saturated carbocycles. The minimum absolute atomic E-state index is 0. The maximum atomic E-state index is 4.38. The van der Waals surface area contributed by atoms with Crippen LogP contribution in [0.3, 0.4) is 0 Å². The van der Waals surface area contributed by atoms with E-state index in [0.29, 0.717) is 0 Å². The molecule has 0 radical (unpaired) electrons. The number of nitrogens with zero attached hydrogens (tertiary/aromatic N) is 1. The van der Waals surface area contributed by atoms with Gasteiger partial charge in [-0.25, -0.2) is 0 Å². The number of guanidine groups is 1. The standard InChI is InChI=1S/C13H18BrN3.HI/c14-12-6-1-4-11(10-12)5-2-7-15-13-16-8-3-9-17-13;/h1,4,6,10H,2-3,5,7-9H2,(H2,15,16,17);1H. The first-order valence-corrected chi connectivity index (χ1v) is 6.90. The van der Waals surface area contributed by atoms with Crippen LogP contribution in [0.15, 0.2) is 33.7 Å². The highest BCUT2D eigenvalue weighted by molar-refractivity contribution is 14.0. The molecule has 0 saturated heterocycles. The Labute approximate surface area is 134 Å². The van der Waals surface area contributed by atoms with E-state index in [4.69, 9.17) is 0 Å². The van der Waals surface area contributed by atoms with Crippen LogP contribution in [-0.2, 0) is 6.42 Å². The first-order valence-electron chi connectivity index (χ1n) is 6.11. The van der Waals surface area contributed by atoms with Gasteiger partial charge in [-0.3, -0.25) is 4.99 Å². The van der Waals surface area contributed by atoms with Crippen molar-refractivity contribution in [2.24, 2.45) is 4.99 Å². The second-order valence-electron chi connectivity index (χ2n) is 4.17. The molecule has 1 aliphatic rings. The van der Waals surface area contributed by atoms with E-state index >= 15 is 0 Å². The average molecular weight is 424 g/mol. The van der Waals surface area contributed by atoms with E-state index in [-0.39, 0.29) is 24.0 Å². The molecule has 0 amide bonds. The van der Waals surface area contributed by atoms with Crippen molar-refractivity contribution in [2.45, 2.75) is 19.3 Å². The SMILES string of the molecule is Brc1cccc(CCCNC2=NCCCN2)c1.I. The van der Waals surface area contributed by atoms with Crippen LogP contribution in [0.1, 0.15) is 18.4 Å². The molecule has 1 aromatic rings. The van der Waals surface area contributed by atoms with E-state index in [0.717, 1.165) is 49.3 Å². The molecular weight excluding hydrogens is 405 g/mol. The maximum Gasteiger partial charge on any atom is 0.191 e. The summed E-state index contributed by atoms with van der Waals surface area (Å²) < 4.78 is 1.15. The molecule has 1 aliphatic heterocycles. The van der Waals surface area contributed by atoms with Crippen LogP contribution in [-0.4, -0.2) is 25.6 Å². The van der Waals surface area contributed by atoms with Gasteiger partial charge in [-0.2, -0.15) is 0 Å². The fourth-order valence-corrected chi connectivity index (χ4v) is 2.29. The first-order chi connectivity index (χ1) is 8.34. The third kappa shape index (κ3) is 5.56. The van der Waals surface area contributed by atoms with Crippen molar-refractivity contribution >= 4 is 45.9 Å². The van der Waals surface area contributed by atoms with Crippen LogP contribution in [0.4, 0.5) is 0 Å². The van der Waals surface area contributed by atoms with E-state index < -0.39 is 0 Å². The molecule has 5 heteroatoms. The van der Waals surface area contributed by atoms with Crippen molar-refractivity contribution in [1.82, 2.24) is 10.6 Å². The van der Waals surface area contributed by atoms with Crippen LogP contribution in [0.25, 0.3) is 0 Å².